The summed E-state index contributed by atoms with van der Waals surface area (Å²) in [7, 11) is 0. The molecule has 0 radical (unpaired) electrons. The lowest BCUT2D eigenvalue weighted by molar-refractivity contribution is 0.620. The second-order valence-electron chi connectivity index (χ2n) is 11.2. The molecule has 9 rings (SSSR count). The van der Waals surface area contributed by atoms with Gasteiger partial charge < -0.3 is 4.42 Å². The summed E-state index contributed by atoms with van der Waals surface area (Å²) in [5, 5.41) is 7.72. The lowest BCUT2D eigenvalue weighted by Gasteiger charge is -2.18. The molecular formula is C41H25NO. The van der Waals surface area contributed by atoms with Crippen LogP contribution in [0.5, 0.6) is 0 Å². The first-order chi connectivity index (χ1) is 21.3. The Morgan fingerprint density at radius 3 is 1.60 bits per heavy atom. The van der Waals surface area contributed by atoms with Gasteiger partial charge in [-0.3, -0.25) is 0 Å². The predicted molar refractivity (Wildman–Crippen MR) is 179 cm³/mol. The highest BCUT2D eigenvalue weighted by Gasteiger charge is 2.17. The summed E-state index contributed by atoms with van der Waals surface area (Å²) in [6.45, 7) is 0. The first kappa shape index (κ1) is 23.9. The molecule has 0 saturated heterocycles. The third-order valence-corrected chi connectivity index (χ3v) is 8.69. The molecule has 2 heteroatoms. The van der Waals surface area contributed by atoms with E-state index in [0.29, 0.717) is 5.89 Å². The maximum absolute atomic E-state index is 6.05. The van der Waals surface area contributed by atoms with E-state index in [4.69, 9.17) is 9.40 Å². The van der Waals surface area contributed by atoms with Crippen LogP contribution in [0.15, 0.2) is 156 Å². The van der Waals surface area contributed by atoms with Gasteiger partial charge in [0.1, 0.15) is 5.52 Å². The van der Waals surface area contributed by atoms with Crippen molar-refractivity contribution in [2.24, 2.45) is 0 Å². The van der Waals surface area contributed by atoms with Gasteiger partial charge in [0.05, 0.1) is 0 Å². The van der Waals surface area contributed by atoms with Crippen LogP contribution in [0.1, 0.15) is 0 Å². The summed E-state index contributed by atoms with van der Waals surface area (Å²) in [4.78, 5) is 4.71. The topological polar surface area (TPSA) is 26.0 Å². The number of benzene rings is 8. The number of para-hydroxylation sites is 2. The SMILES string of the molecule is c1ccc(-c2ccc(-c3cc(-c4ccc(-c5nc6ccccc6o5)cc4)c4ccc5cccc6ccc3c4c65)cc2)cc1. The van der Waals surface area contributed by atoms with E-state index in [-0.39, 0.29) is 0 Å². The molecule has 200 valence electrons. The third-order valence-electron chi connectivity index (χ3n) is 8.69. The number of fused-ring (bicyclic) bond motifs is 1. The number of rotatable bonds is 4. The Kier molecular flexibility index (Phi) is 5.23. The first-order valence-electron chi connectivity index (χ1n) is 14.6. The van der Waals surface area contributed by atoms with Gasteiger partial charge in [0.2, 0.25) is 5.89 Å². The lowest BCUT2D eigenvalue weighted by Crippen LogP contribution is -1.91. The third kappa shape index (κ3) is 3.84. The monoisotopic (exact) mass is 547 g/mol. The Morgan fingerprint density at radius 1 is 0.395 bits per heavy atom. The number of hydrogen-bond acceptors (Lipinski definition) is 2. The minimum absolute atomic E-state index is 0.641. The molecule has 0 unspecified atom stereocenters. The standard InChI is InChI=1S/C41H25NO/c1-2-7-26(8-3-1)27-13-15-28(16-14-27)35-25-36(34-24-22-31-10-6-9-30-21-23-33(35)40(34)39(30)31)29-17-19-32(20-18-29)41-42-37-11-4-5-12-38(37)43-41/h1-25H. The highest BCUT2D eigenvalue weighted by molar-refractivity contribution is 6.28. The molecule has 0 bridgehead atoms. The van der Waals surface area contributed by atoms with E-state index in [1.54, 1.807) is 0 Å². The Balaban J connectivity index is 1.24. The van der Waals surface area contributed by atoms with Crippen molar-refractivity contribution in [2.75, 3.05) is 0 Å². The summed E-state index contributed by atoms with van der Waals surface area (Å²) in [6.07, 6.45) is 0. The summed E-state index contributed by atoms with van der Waals surface area (Å²) >= 11 is 0. The van der Waals surface area contributed by atoms with Gasteiger partial charge in [-0.15, -0.1) is 0 Å². The maximum atomic E-state index is 6.05. The molecule has 0 aliphatic rings. The van der Waals surface area contributed by atoms with Gasteiger partial charge in [0, 0.05) is 5.56 Å². The number of nitrogens with zero attached hydrogens (tertiary/aromatic N) is 1. The number of aromatic nitrogens is 1. The molecule has 8 aromatic carbocycles. The van der Waals surface area contributed by atoms with E-state index in [0.717, 1.165) is 16.7 Å². The molecule has 0 fully saturated rings. The molecule has 1 aromatic heterocycles. The zero-order valence-electron chi connectivity index (χ0n) is 23.3. The minimum Gasteiger partial charge on any atom is -0.436 e. The van der Waals surface area contributed by atoms with Crippen LogP contribution in [-0.4, -0.2) is 4.98 Å². The highest BCUT2D eigenvalue weighted by atomic mass is 16.3. The van der Waals surface area contributed by atoms with Gasteiger partial charge in [-0.2, -0.15) is 0 Å². The summed E-state index contributed by atoms with van der Waals surface area (Å²) < 4.78 is 6.05. The van der Waals surface area contributed by atoms with Gasteiger partial charge in [0.25, 0.3) is 0 Å². The molecule has 2 nitrogen and oxygen atoms in total. The van der Waals surface area contributed by atoms with Gasteiger partial charge in [-0.05, 0) is 96.0 Å². The van der Waals surface area contributed by atoms with Crippen molar-refractivity contribution < 1.29 is 4.42 Å². The average molecular weight is 548 g/mol. The van der Waals surface area contributed by atoms with Crippen LogP contribution in [0.25, 0.3) is 88.3 Å². The molecule has 0 aliphatic heterocycles. The largest absolute Gasteiger partial charge is 0.436 e. The zero-order chi connectivity index (χ0) is 28.3. The average Bonchev–Trinajstić information content (AvgIpc) is 3.52. The fraction of sp³-hybridized carbons (Fsp3) is 0. The van der Waals surface area contributed by atoms with Crippen molar-refractivity contribution in [3.8, 4) is 44.8 Å². The van der Waals surface area contributed by atoms with E-state index >= 15 is 0 Å². The van der Waals surface area contributed by atoms with Crippen LogP contribution in [0.4, 0.5) is 0 Å². The van der Waals surface area contributed by atoms with Crippen molar-refractivity contribution in [1.82, 2.24) is 4.98 Å². The van der Waals surface area contributed by atoms with Crippen molar-refractivity contribution in [1.29, 1.82) is 0 Å². The summed E-state index contributed by atoms with van der Waals surface area (Å²) in [6, 6.07) is 54.1. The second kappa shape index (κ2) is 9.40. The highest BCUT2D eigenvalue weighted by Crippen LogP contribution is 2.44. The van der Waals surface area contributed by atoms with Crippen LogP contribution >= 0.6 is 0 Å². The van der Waals surface area contributed by atoms with Crippen LogP contribution in [-0.2, 0) is 0 Å². The minimum atomic E-state index is 0.641. The van der Waals surface area contributed by atoms with E-state index in [9.17, 15) is 0 Å². The Labute approximate surface area is 248 Å². The summed E-state index contributed by atoms with van der Waals surface area (Å²) in [5.74, 6) is 0.641. The van der Waals surface area contributed by atoms with Crippen LogP contribution in [0, 0.1) is 0 Å². The van der Waals surface area contributed by atoms with Crippen molar-refractivity contribution in [3.05, 3.63) is 152 Å². The first-order valence-corrected chi connectivity index (χ1v) is 14.6. The van der Waals surface area contributed by atoms with Gasteiger partial charge in [-0.1, -0.05) is 121 Å². The molecular weight excluding hydrogens is 522 g/mol. The fourth-order valence-electron chi connectivity index (χ4n) is 6.57. The molecule has 1 heterocycles. The molecule has 0 aliphatic carbocycles. The Morgan fingerprint density at radius 2 is 0.953 bits per heavy atom. The van der Waals surface area contributed by atoms with Gasteiger partial charge in [-0.25, -0.2) is 4.98 Å². The zero-order valence-corrected chi connectivity index (χ0v) is 23.3. The normalized spacial score (nSPS) is 11.7. The summed E-state index contributed by atoms with van der Waals surface area (Å²) in [5.41, 5.74) is 9.92. The van der Waals surface area contributed by atoms with E-state index < -0.39 is 0 Å². The molecule has 0 spiro atoms. The van der Waals surface area contributed by atoms with Crippen molar-refractivity contribution in [3.63, 3.8) is 0 Å². The van der Waals surface area contributed by atoms with Crippen molar-refractivity contribution >= 4 is 43.4 Å². The van der Waals surface area contributed by atoms with Crippen LogP contribution in [0.2, 0.25) is 0 Å². The molecule has 9 aromatic rings. The quantitative estimate of drug-likeness (QED) is 0.205. The van der Waals surface area contributed by atoms with Crippen molar-refractivity contribution in [2.45, 2.75) is 0 Å². The number of oxazole rings is 1. The Hall–Kier alpha value is -5.73. The Bertz CT molecular complexity index is 2370. The number of hydrogen-bond donors (Lipinski definition) is 0. The lowest BCUT2D eigenvalue weighted by atomic mass is 9.85. The molecule has 0 atom stereocenters. The van der Waals surface area contributed by atoms with Crippen LogP contribution in [0.3, 0.4) is 0 Å². The van der Waals surface area contributed by atoms with E-state index in [1.807, 2.05) is 24.3 Å². The molecule has 0 saturated carbocycles. The van der Waals surface area contributed by atoms with Gasteiger partial charge >= 0.3 is 0 Å². The smallest absolute Gasteiger partial charge is 0.227 e. The fourth-order valence-corrected chi connectivity index (χ4v) is 6.57. The maximum Gasteiger partial charge on any atom is 0.227 e. The predicted octanol–water partition coefficient (Wildman–Crippen LogP) is 11.4. The van der Waals surface area contributed by atoms with E-state index in [1.165, 1.54) is 65.7 Å². The molecule has 0 amide bonds. The second-order valence-corrected chi connectivity index (χ2v) is 11.2. The van der Waals surface area contributed by atoms with Gasteiger partial charge in [0.15, 0.2) is 5.58 Å². The van der Waals surface area contributed by atoms with Crippen LogP contribution < -0.4 is 0 Å². The molecule has 43 heavy (non-hydrogen) atoms. The molecule has 0 N–H and O–H groups in total. The van der Waals surface area contributed by atoms with E-state index in [2.05, 4.69) is 127 Å².